The van der Waals surface area contributed by atoms with Gasteiger partial charge in [-0.3, -0.25) is 4.79 Å². The van der Waals surface area contributed by atoms with Gasteiger partial charge in [-0.15, -0.1) is 0 Å². The molecule has 1 aromatic rings. The van der Waals surface area contributed by atoms with E-state index in [1.807, 2.05) is 10.8 Å². The lowest BCUT2D eigenvalue weighted by molar-refractivity contribution is 0.0898. The van der Waals surface area contributed by atoms with Crippen LogP contribution < -0.4 is 11.1 Å². The number of amides is 1. The van der Waals surface area contributed by atoms with Crippen molar-refractivity contribution in [3.8, 4) is 0 Å². The first-order valence-electron chi connectivity index (χ1n) is 7.57. The molecule has 1 fully saturated rings. The van der Waals surface area contributed by atoms with Crippen molar-refractivity contribution in [2.45, 2.75) is 65.5 Å². The third-order valence-corrected chi connectivity index (χ3v) is 4.33. The maximum absolute atomic E-state index is 12.4. The van der Waals surface area contributed by atoms with Crippen molar-refractivity contribution in [1.29, 1.82) is 0 Å². The van der Waals surface area contributed by atoms with Gasteiger partial charge in [-0.25, -0.2) is 0 Å². The predicted molar refractivity (Wildman–Crippen MR) is 82.7 cm³/mol. The van der Waals surface area contributed by atoms with Crippen molar-refractivity contribution < 1.29 is 4.79 Å². The second-order valence-corrected chi connectivity index (χ2v) is 7.07. The number of carbonyl (C=O) groups is 1. The van der Waals surface area contributed by atoms with Gasteiger partial charge in [0.15, 0.2) is 0 Å². The van der Waals surface area contributed by atoms with Crippen molar-refractivity contribution >= 4 is 11.6 Å². The van der Waals surface area contributed by atoms with Crippen LogP contribution >= 0.6 is 0 Å². The van der Waals surface area contributed by atoms with Gasteiger partial charge < -0.3 is 15.6 Å². The van der Waals surface area contributed by atoms with Crippen molar-refractivity contribution in [1.82, 2.24) is 9.88 Å². The molecule has 4 nitrogen and oxygen atoms in total. The molecular weight excluding hydrogens is 250 g/mol. The van der Waals surface area contributed by atoms with E-state index in [9.17, 15) is 4.79 Å². The Morgan fingerprint density at radius 1 is 1.40 bits per heavy atom. The smallest absolute Gasteiger partial charge is 0.268 e. The van der Waals surface area contributed by atoms with Crippen LogP contribution in [0.4, 0.5) is 5.69 Å². The Kier molecular flexibility index (Phi) is 4.11. The van der Waals surface area contributed by atoms with Crippen LogP contribution in [0.2, 0.25) is 0 Å². The van der Waals surface area contributed by atoms with Gasteiger partial charge in [0.2, 0.25) is 0 Å². The molecule has 1 saturated carbocycles. The number of nitrogens with one attached hydrogen (secondary N) is 1. The maximum atomic E-state index is 12.4. The van der Waals surface area contributed by atoms with E-state index in [1.54, 1.807) is 6.07 Å². The summed E-state index contributed by atoms with van der Waals surface area (Å²) in [4.78, 5) is 12.4. The molecule has 0 spiro atoms. The molecule has 0 aliphatic heterocycles. The maximum Gasteiger partial charge on any atom is 0.268 e. The number of hydrogen-bond acceptors (Lipinski definition) is 2. The van der Waals surface area contributed by atoms with Gasteiger partial charge in [-0.1, -0.05) is 13.8 Å². The minimum absolute atomic E-state index is 0.0000983. The molecule has 1 aliphatic carbocycles. The summed E-state index contributed by atoms with van der Waals surface area (Å²) in [5, 5.41) is 3.17. The highest BCUT2D eigenvalue weighted by Gasteiger charge is 2.28. The zero-order valence-electron chi connectivity index (χ0n) is 13.1. The van der Waals surface area contributed by atoms with Crippen molar-refractivity contribution in [3.05, 3.63) is 18.0 Å². The van der Waals surface area contributed by atoms with Crippen LogP contribution in [0, 0.1) is 5.41 Å². The number of aromatic nitrogens is 1. The summed E-state index contributed by atoms with van der Waals surface area (Å²) in [6.07, 6.45) is 6.31. The van der Waals surface area contributed by atoms with Crippen LogP contribution in [0.25, 0.3) is 0 Å². The molecule has 0 aromatic carbocycles. The van der Waals surface area contributed by atoms with Crippen LogP contribution in [-0.2, 0) is 0 Å². The highest BCUT2D eigenvalue weighted by Crippen LogP contribution is 2.35. The summed E-state index contributed by atoms with van der Waals surface area (Å²) in [6, 6.07) is 2.30. The first kappa shape index (κ1) is 14.9. The lowest BCUT2D eigenvalue weighted by Gasteiger charge is -2.34. The van der Waals surface area contributed by atoms with Crippen molar-refractivity contribution in [2.24, 2.45) is 5.41 Å². The first-order chi connectivity index (χ1) is 9.28. The number of anilines is 1. The molecule has 1 aromatic heterocycles. The predicted octanol–water partition coefficient (Wildman–Crippen LogP) is 3.35. The molecule has 0 saturated heterocycles. The van der Waals surface area contributed by atoms with Crippen molar-refractivity contribution in [2.75, 3.05) is 5.73 Å². The molecular formula is C16H27N3O. The first-order valence-corrected chi connectivity index (χ1v) is 7.57. The fourth-order valence-electron chi connectivity index (χ4n) is 2.91. The van der Waals surface area contributed by atoms with Gasteiger partial charge in [0.1, 0.15) is 5.69 Å². The number of rotatable bonds is 3. The Morgan fingerprint density at radius 3 is 2.55 bits per heavy atom. The molecule has 2 rings (SSSR count). The Morgan fingerprint density at radius 2 is 2.00 bits per heavy atom. The molecule has 1 aliphatic rings. The second-order valence-electron chi connectivity index (χ2n) is 7.07. The zero-order valence-corrected chi connectivity index (χ0v) is 13.1. The molecule has 1 amide bonds. The summed E-state index contributed by atoms with van der Waals surface area (Å²) in [5.74, 6) is 0.0000983. The standard InChI is InChI=1S/C16H27N3O/c1-11(2)19-10-12(17)9-14(19)15(20)18-13-5-7-16(3,4)8-6-13/h9-11,13H,5-8,17H2,1-4H3,(H,18,20). The van der Waals surface area contributed by atoms with Crippen LogP contribution in [-0.4, -0.2) is 16.5 Å². The van der Waals surface area contributed by atoms with E-state index < -0.39 is 0 Å². The number of nitrogen functional groups attached to an aromatic ring is 1. The minimum Gasteiger partial charge on any atom is -0.397 e. The molecule has 1 heterocycles. The SMILES string of the molecule is CC(C)n1cc(N)cc1C(=O)NC1CCC(C)(C)CC1. The number of nitrogens with two attached hydrogens (primary N) is 1. The minimum atomic E-state index is 0.0000983. The van der Waals surface area contributed by atoms with Gasteiger partial charge in [0.25, 0.3) is 5.91 Å². The van der Waals surface area contributed by atoms with E-state index in [1.165, 1.54) is 12.8 Å². The fraction of sp³-hybridized carbons (Fsp3) is 0.688. The molecule has 112 valence electrons. The van der Waals surface area contributed by atoms with Crippen LogP contribution in [0.3, 0.4) is 0 Å². The Labute approximate surface area is 121 Å². The molecule has 3 N–H and O–H groups in total. The summed E-state index contributed by atoms with van der Waals surface area (Å²) in [6.45, 7) is 8.71. The number of nitrogens with zero attached hydrogens (tertiary/aromatic N) is 1. The monoisotopic (exact) mass is 277 g/mol. The summed E-state index contributed by atoms with van der Waals surface area (Å²) in [5.41, 5.74) is 7.56. The summed E-state index contributed by atoms with van der Waals surface area (Å²) >= 11 is 0. The fourth-order valence-corrected chi connectivity index (χ4v) is 2.91. The van der Waals surface area contributed by atoms with Gasteiger partial charge >= 0.3 is 0 Å². The average molecular weight is 277 g/mol. The van der Waals surface area contributed by atoms with Crippen LogP contribution in [0.15, 0.2) is 12.3 Å². The van der Waals surface area contributed by atoms with E-state index in [0.29, 0.717) is 22.8 Å². The van der Waals surface area contributed by atoms with Gasteiger partial charge in [0.05, 0.1) is 5.69 Å². The molecule has 0 atom stereocenters. The Balaban J connectivity index is 2.02. The Bertz CT molecular complexity index is 478. The third-order valence-electron chi connectivity index (χ3n) is 4.33. The highest BCUT2D eigenvalue weighted by atomic mass is 16.2. The van der Waals surface area contributed by atoms with Crippen LogP contribution in [0.1, 0.15) is 69.9 Å². The third kappa shape index (κ3) is 3.35. The highest BCUT2D eigenvalue weighted by molar-refractivity contribution is 5.94. The van der Waals surface area contributed by atoms with Gasteiger partial charge in [-0.2, -0.15) is 0 Å². The van der Waals surface area contributed by atoms with E-state index in [4.69, 9.17) is 5.73 Å². The average Bonchev–Trinajstić information content (AvgIpc) is 2.74. The number of carbonyl (C=O) groups excluding carboxylic acids is 1. The largest absolute Gasteiger partial charge is 0.397 e. The van der Waals surface area contributed by atoms with E-state index >= 15 is 0 Å². The van der Waals surface area contributed by atoms with Gasteiger partial charge in [-0.05, 0) is 51.0 Å². The second kappa shape index (κ2) is 5.51. The van der Waals surface area contributed by atoms with E-state index in [-0.39, 0.29) is 11.9 Å². The van der Waals surface area contributed by atoms with E-state index in [0.717, 1.165) is 12.8 Å². The molecule has 0 unspecified atom stereocenters. The van der Waals surface area contributed by atoms with E-state index in [2.05, 4.69) is 33.0 Å². The van der Waals surface area contributed by atoms with Crippen molar-refractivity contribution in [3.63, 3.8) is 0 Å². The van der Waals surface area contributed by atoms with Gasteiger partial charge in [0, 0.05) is 18.3 Å². The summed E-state index contributed by atoms with van der Waals surface area (Å²) < 4.78 is 1.94. The normalized spacial score (nSPS) is 19.2. The topological polar surface area (TPSA) is 60.0 Å². The molecule has 4 heteroatoms. The number of hydrogen-bond donors (Lipinski definition) is 2. The zero-order chi connectivity index (χ0) is 14.9. The molecule has 0 radical (unpaired) electrons. The summed E-state index contributed by atoms with van der Waals surface area (Å²) in [7, 11) is 0. The molecule has 0 bridgehead atoms. The quantitative estimate of drug-likeness (QED) is 0.890. The molecule has 20 heavy (non-hydrogen) atoms. The lowest BCUT2D eigenvalue weighted by Crippen LogP contribution is -2.40. The lowest BCUT2D eigenvalue weighted by atomic mass is 9.75. The van der Waals surface area contributed by atoms with Crippen LogP contribution in [0.5, 0.6) is 0 Å². The Hall–Kier alpha value is -1.45.